The van der Waals surface area contributed by atoms with Crippen LogP contribution in [0, 0.1) is 5.41 Å². The van der Waals surface area contributed by atoms with Gasteiger partial charge >= 0.3 is 0 Å². The van der Waals surface area contributed by atoms with E-state index in [1.165, 1.54) is 0 Å². The van der Waals surface area contributed by atoms with E-state index in [0.717, 1.165) is 26.0 Å². The maximum Gasteiger partial charge on any atom is 0.227 e. The molecule has 1 amide bonds. The van der Waals surface area contributed by atoms with Crippen molar-refractivity contribution in [2.45, 2.75) is 32.8 Å². The summed E-state index contributed by atoms with van der Waals surface area (Å²) in [6, 6.07) is 0. The Balaban J connectivity index is 2.15. The number of amides is 1. The number of guanidine groups is 1. The standard InChI is InChI=1S/C15H30N4O3/c1-15(2,13(20)16-3)11-19-14(17-4)18-7-5-8-22-12-6-9-21-10-12/h12H,5-11H2,1-4H3,(H,16,20)(H2,17,18,19). The summed E-state index contributed by atoms with van der Waals surface area (Å²) >= 11 is 0. The lowest BCUT2D eigenvalue weighted by atomic mass is 9.92. The van der Waals surface area contributed by atoms with E-state index in [-0.39, 0.29) is 12.0 Å². The lowest BCUT2D eigenvalue weighted by Gasteiger charge is -2.24. The molecule has 1 aliphatic heterocycles. The molecule has 1 heterocycles. The van der Waals surface area contributed by atoms with Gasteiger partial charge in [-0.2, -0.15) is 0 Å². The van der Waals surface area contributed by atoms with Gasteiger partial charge in [-0.3, -0.25) is 9.79 Å². The molecule has 0 spiro atoms. The number of carbonyl (C=O) groups excluding carboxylic acids is 1. The van der Waals surface area contributed by atoms with Crippen LogP contribution in [0.5, 0.6) is 0 Å². The molecule has 7 nitrogen and oxygen atoms in total. The Labute approximate surface area is 133 Å². The fraction of sp³-hybridized carbons (Fsp3) is 0.867. The highest BCUT2D eigenvalue weighted by Gasteiger charge is 2.26. The van der Waals surface area contributed by atoms with Crippen LogP contribution in [0.25, 0.3) is 0 Å². The topological polar surface area (TPSA) is 84.0 Å². The number of hydrogen-bond donors (Lipinski definition) is 3. The second-order valence-electron chi connectivity index (χ2n) is 6.03. The minimum Gasteiger partial charge on any atom is -0.379 e. The smallest absolute Gasteiger partial charge is 0.227 e. The van der Waals surface area contributed by atoms with Gasteiger partial charge in [0.1, 0.15) is 0 Å². The molecule has 0 aromatic rings. The summed E-state index contributed by atoms with van der Waals surface area (Å²) in [6.07, 6.45) is 2.15. The molecule has 1 unspecified atom stereocenters. The summed E-state index contributed by atoms with van der Waals surface area (Å²) in [5.41, 5.74) is -0.488. The van der Waals surface area contributed by atoms with E-state index in [9.17, 15) is 4.79 Å². The number of aliphatic imine (C=N–C) groups is 1. The third-order valence-corrected chi connectivity index (χ3v) is 3.62. The first-order chi connectivity index (χ1) is 10.5. The van der Waals surface area contributed by atoms with Crippen LogP contribution < -0.4 is 16.0 Å². The molecule has 0 saturated carbocycles. The lowest BCUT2D eigenvalue weighted by Crippen LogP contribution is -2.47. The first-order valence-electron chi connectivity index (χ1n) is 7.85. The van der Waals surface area contributed by atoms with Crippen LogP contribution in [0.2, 0.25) is 0 Å². The fourth-order valence-electron chi connectivity index (χ4n) is 2.12. The molecule has 0 radical (unpaired) electrons. The Bertz CT molecular complexity index is 366. The fourth-order valence-corrected chi connectivity index (χ4v) is 2.12. The van der Waals surface area contributed by atoms with E-state index in [4.69, 9.17) is 9.47 Å². The Morgan fingerprint density at radius 3 is 2.77 bits per heavy atom. The molecule has 1 aliphatic rings. The van der Waals surface area contributed by atoms with Gasteiger partial charge in [0.2, 0.25) is 5.91 Å². The monoisotopic (exact) mass is 314 g/mol. The van der Waals surface area contributed by atoms with E-state index in [0.29, 0.717) is 25.7 Å². The van der Waals surface area contributed by atoms with Gasteiger partial charge in [-0.25, -0.2) is 0 Å². The molecule has 0 aromatic heterocycles. The van der Waals surface area contributed by atoms with Gasteiger partial charge < -0.3 is 25.4 Å². The van der Waals surface area contributed by atoms with Gasteiger partial charge in [0, 0.05) is 40.4 Å². The minimum atomic E-state index is -0.488. The van der Waals surface area contributed by atoms with Crippen molar-refractivity contribution in [2.24, 2.45) is 10.4 Å². The van der Waals surface area contributed by atoms with Crippen molar-refractivity contribution in [3.05, 3.63) is 0 Å². The van der Waals surface area contributed by atoms with Crippen molar-refractivity contribution in [1.29, 1.82) is 0 Å². The van der Waals surface area contributed by atoms with E-state index in [2.05, 4.69) is 20.9 Å². The number of rotatable bonds is 8. The number of carbonyl (C=O) groups is 1. The number of nitrogens with zero attached hydrogens (tertiary/aromatic N) is 1. The first kappa shape index (κ1) is 18.7. The molecule has 0 aromatic carbocycles. The average Bonchev–Trinajstić information content (AvgIpc) is 3.02. The van der Waals surface area contributed by atoms with Crippen molar-refractivity contribution >= 4 is 11.9 Å². The summed E-state index contributed by atoms with van der Waals surface area (Å²) in [5.74, 6) is 0.698. The van der Waals surface area contributed by atoms with E-state index in [1.807, 2.05) is 13.8 Å². The summed E-state index contributed by atoms with van der Waals surface area (Å²) in [7, 11) is 3.36. The average molecular weight is 314 g/mol. The summed E-state index contributed by atoms with van der Waals surface area (Å²) < 4.78 is 11.0. The Morgan fingerprint density at radius 1 is 1.41 bits per heavy atom. The number of nitrogens with one attached hydrogen (secondary N) is 3. The SMILES string of the molecule is CN=C(NCCCOC1CCOC1)NCC(C)(C)C(=O)NC. The zero-order valence-electron chi connectivity index (χ0n) is 14.2. The van der Waals surface area contributed by atoms with Crippen LogP contribution >= 0.6 is 0 Å². The van der Waals surface area contributed by atoms with Crippen molar-refractivity contribution in [1.82, 2.24) is 16.0 Å². The molecule has 1 fully saturated rings. The highest BCUT2D eigenvalue weighted by molar-refractivity contribution is 5.84. The molecule has 128 valence electrons. The highest BCUT2D eigenvalue weighted by Crippen LogP contribution is 2.12. The molecule has 0 aliphatic carbocycles. The van der Waals surface area contributed by atoms with Gasteiger partial charge in [0.15, 0.2) is 5.96 Å². The van der Waals surface area contributed by atoms with Crippen LogP contribution in [-0.2, 0) is 14.3 Å². The van der Waals surface area contributed by atoms with Crippen LogP contribution in [0.1, 0.15) is 26.7 Å². The highest BCUT2D eigenvalue weighted by atomic mass is 16.5. The molecule has 1 rings (SSSR count). The largest absolute Gasteiger partial charge is 0.379 e. The summed E-state index contributed by atoms with van der Waals surface area (Å²) in [4.78, 5) is 15.9. The molecular weight excluding hydrogens is 284 g/mol. The van der Waals surface area contributed by atoms with Crippen LogP contribution in [0.3, 0.4) is 0 Å². The van der Waals surface area contributed by atoms with Crippen LogP contribution in [-0.4, -0.2) is 65.0 Å². The Kier molecular flexibility index (Phi) is 8.19. The maximum absolute atomic E-state index is 11.7. The minimum absolute atomic E-state index is 0.00244. The van der Waals surface area contributed by atoms with Crippen LogP contribution in [0.15, 0.2) is 4.99 Å². The summed E-state index contributed by atoms with van der Waals surface area (Å²) in [6.45, 7) is 7.30. The predicted molar refractivity (Wildman–Crippen MR) is 87.0 cm³/mol. The van der Waals surface area contributed by atoms with Crippen molar-refractivity contribution < 1.29 is 14.3 Å². The molecule has 1 saturated heterocycles. The number of ether oxygens (including phenoxy) is 2. The molecule has 0 bridgehead atoms. The van der Waals surface area contributed by atoms with Gasteiger partial charge in [0.25, 0.3) is 0 Å². The third-order valence-electron chi connectivity index (χ3n) is 3.62. The second kappa shape index (κ2) is 9.63. The molecule has 1 atom stereocenters. The third kappa shape index (κ3) is 6.62. The zero-order chi connectivity index (χ0) is 16.4. The first-order valence-corrected chi connectivity index (χ1v) is 7.85. The number of hydrogen-bond acceptors (Lipinski definition) is 4. The van der Waals surface area contributed by atoms with Gasteiger partial charge in [-0.1, -0.05) is 0 Å². The maximum atomic E-state index is 11.7. The van der Waals surface area contributed by atoms with Gasteiger partial charge in [0.05, 0.1) is 18.1 Å². The van der Waals surface area contributed by atoms with E-state index in [1.54, 1.807) is 14.1 Å². The molecule has 7 heteroatoms. The normalized spacial score (nSPS) is 19.1. The summed E-state index contributed by atoms with van der Waals surface area (Å²) in [5, 5.41) is 9.06. The second-order valence-corrected chi connectivity index (χ2v) is 6.03. The molecule has 3 N–H and O–H groups in total. The van der Waals surface area contributed by atoms with Crippen molar-refractivity contribution in [3.63, 3.8) is 0 Å². The Hall–Kier alpha value is -1.34. The zero-order valence-corrected chi connectivity index (χ0v) is 14.2. The quantitative estimate of drug-likeness (QED) is 0.337. The van der Waals surface area contributed by atoms with Crippen molar-refractivity contribution in [3.8, 4) is 0 Å². The lowest BCUT2D eigenvalue weighted by molar-refractivity contribution is -0.128. The van der Waals surface area contributed by atoms with Crippen molar-refractivity contribution in [2.75, 3.05) is 47.0 Å². The predicted octanol–water partition coefficient (Wildman–Crippen LogP) is 0.119. The van der Waals surface area contributed by atoms with E-state index >= 15 is 0 Å². The van der Waals surface area contributed by atoms with Gasteiger partial charge in [-0.05, 0) is 26.7 Å². The van der Waals surface area contributed by atoms with Gasteiger partial charge in [-0.15, -0.1) is 0 Å². The van der Waals surface area contributed by atoms with Crippen LogP contribution in [0.4, 0.5) is 0 Å². The van der Waals surface area contributed by atoms with E-state index < -0.39 is 5.41 Å². The molecule has 22 heavy (non-hydrogen) atoms. The Morgan fingerprint density at radius 2 is 2.18 bits per heavy atom. The molecular formula is C15H30N4O3.